The molecule has 1 aromatic heterocycles. The molecular weight excluding hydrogens is 649 g/mol. The Hall–Kier alpha value is -4.27. The number of piperazine rings is 1. The second-order valence-electron chi connectivity index (χ2n) is 10.5. The van der Waals surface area contributed by atoms with Crippen molar-refractivity contribution in [2.75, 3.05) is 51.4 Å². The zero-order chi connectivity index (χ0) is 33.4. The highest BCUT2D eigenvalue weighted by Crippen LogP contribution is 2.35. The summed E-state index contributed by atoms with van der Waals surface area (Å²) in [5.74, 6) is -1.60. The summed E-state index contributed by atoms with van der Waals surface area (Å²) in [5, 5.41) is 12.7. The van der Waals surface area contributed by atoms with Gasteiger partial charge >= 0.3 is 0 Å². The summed E-state index contributed by atoms with van der Waals surface area (Å²) in [4.78, 5) is 54.8. The third-order valence-corrected chi connectivity index (χ3v) is 8.41. The van der Waals surface area contributed by atoms with Crippen molar-refractivity contribution in [3.8, 4) is 17.0 Å². The van der Waals surface area contributed by atoms with E-state index in [1.54, 1.807) is 24.1 Å². The quantitative estimate of drug-likeness (QED) is 0.302. The first kappa shape index (κ1) is 34.6. The number of ether oxygens (including phenoxy) is 1. The molecule has 1 atom stereocenters. The van der Waals surface area contributed by atoms with E-state index in [9.17, 15) is 23.2 Å². The topological polar surface area (TPSA) is 146 Å². The van der Waals surface area contributed by atoms with E-state index in [4.69, 9.17) is 33.1 Å². The Bertz CT molecular complexity index is 1590. The van der Waals surface area contributed by atoms with Gasteiger partial charge in [0.05, 0.1) is 27.5 Å². The average Bonchev–Trinajstić information content (AvgIpc) is 3.69. The van der Waals surface area contributed by atoms with Gasteiger partial charge in [-0.25, -0.2) is 13.8 Å². The highest BCUT2D eigenvalue weighted by Gasteiger charge is 2.28. The van der Waals surface area contributed by atoms with E-state index in [2.05, 4.69) is 20.4 Å². The second-order valence-corrected chi connectivity index (χ2v) is 11.3. The van der Waals surface area contributed by atoms with Crippen LogP contribution in [0.3, 0.4) is 0 Å². The fourth-order valence-electron chi connectivity index (χ4n) is 5.32. The first-order chi connectivity index (χ1) is 22.1. The van der Waals surface area contributed by atoms with Crippen LogP contribution >= 0.6 is 23.2 Å². The van der Waals surface area contributed by atoms with Gasteiger partial charge in [0.15, 0.2) is 17.4 Å². The minimum atomic E-state index is -1.21. The lowest BCUT2D eigenvalue weighted by Gasteiger charge is -2.35. The molecule has 12 nitrogen and oxygen atoms in total. The van der Waals surface area contributed by atoms with Gasteiger partial charge in [-0.1, -0.05) is 23.2 Å². The van der Waals surface area contributed by atoms with E-state index in [0.717, 1.165) is 19.5 Å². The molecule has 3 amide bonds. The summed E-state index contributed by atoms with van der Waals surface area (Å²) >= 11 is 12.6. The Morgan fingerprint density at radius 1 is 1.15 bits per heavy atom. The standard InChI is InChI=1S/C29H30Cl2F2N6O4.CH2O2/c1-37-22(20-4-5-23(43-16-32)26(33)25(20)31)15-35-27(37)28(41)36-18-2-3-19(21(30)13-18)29(42)39-10-8-38(9-11-39)24(40)12-17-6-7-34-14-17;2-1-3/h2-5,13,15,17,34H,6-12,14,16H2,1H3,(H,36,41);1H,(H,2,3)/t17-;/m0./s1. The number of aromatic nitrogens is 2. The molecule has 2 fully saturated rings. The number of benzene rings is 2. The van der Waals surface area contributed by atoms with Crippen molar-refractivity contribution in [2.24, 2.45) is 13.0 Å². The van der Waals surface area contributed by atoms with Gasteiger partial charge in [0.25, 0.3) is 18.3 Å². The molecule has 246 valence electrons. The van der Waals surface area contributed by atoms with Crippen LogP contribution in [0.25, 0.3) is 11.3 Å². The normalized spacial score (nSPS) is 16.0. The number of imidazole rings is 1. The Morgan fingerprint density at radius 2 is 1.85 bits per heavy atom. The number of carboxylic acid groups (broad SMARTS) is 1. The summed E-state index contributed by atoms with van der Waals surface area (Å²) in [7, 11) is 1.56. The van der Waals surface area contributed by atoms with Gasteiger partial charge in [-0.05, 0) is 55.8 Å². The fraction of sp³-hybridized carbons (Fsp3) is 0.367. The van der Waals surface area contributed by atoms with Crippen molar-refractivity contribution in [3.63, 3.8) is 0 Å². The van der Waals surface area contributed by atoms with Crippen molar-refractivity contribution < 1.29 is 37.8 Å². The minimum absolute atomic E-state index is 0.00319. The molecule has 0 saturated carbocycles. The Labute approximate surface area is 273 Å². The number of hydrogen-bond acceptors (Lipinski definition) is 7. The van der Waals surface area contributed by atoms with Crippen molar-refractivity contribution >= 4 is 53.1 Å². The van der Waals surface area contributed by atoms with Gasteiger partial charge in [-0.3, -0.25) is 19.2 Å². The summed E-state index contributed by atoms with van der Waals surface area (Å²) < 4.78 is 33.0. The highest BCUT2D eigenvalue weighted by molar-refractivity contribution is 6.34. The van der Waals surface area contributed by atoms with Crippen LogP contribution in [0.4, 0.5) is 14.5 Å². The lowest BCUT2D eigenvalue weighted by Crippen LogP contribution is -2.51. The predicted octanol–water partition coefficient (Wildman–Crippen LogP) is 4.08. The van der Waals surface area contributed by atoms with Gasteiger partial charge in [-0.15, -0.1) is 0 Å². The maximum Gasteiger partial charge on any atom is 0.291 e. The molecule has 3 aromatic rings. The van der Waals surface area contributed by atoms with Gasteiger partial charge in [0.1, 0.15) is 0 Å². The van der Waals surface area contributed by atoms with Crippen LogP contribution in [0.5, 0.6) is 5.75 Å². The molecule has 16 heteroatoms. The molecule has 0 aliphatic carbocycles. The first-order valence-corrected chi connectivity index (χ1v) is 15.0. The second kappa shape index (κ2) is 15.8. The van der Waals surface area contributed by atoms with Crippen molar-refractivity contribution in [3.05, 3.63) is 63.8 Å². The monoisotopic (exact) mass is 680 g/mol. The largest absolute Gasteiger partial charge is 0.483 e. The molecule has 3 heterocycles. The maximum absolute atomic E-state index is 14.5. The number of rotatable bonds is 8. The van der Waals surface area contributed by atoms with Crippen molar-refractivity contribution in [2.45, 2.75) is 12.8 Å². The summed E-state index contributed by atoms with van der Waals surface area (Å²) in [5.41, 5.74) is 1.20. The van der Waals surface area contributed by atoms with Crippen LogP contribution in [-0.4, -0.2) is 94.8 Å². The molecule has 0 radical (unpaired) electrons. The van der Waals surface area contributed by atoms with E-state index in [1.807, 2.05) is 4.90 Å². The van der Waals surface area contributed by atoms with E-state index >= 15 is 0 Å². The van der Waals surface area contributed by atoms with Crippen LogP contribution in [-0.2, 0) is 16.6 Å². The van der Waals surface area contributed by atoms with Gasteiger partial charge in [-0.2, -0.15) is 0 Å². The third-order valence-electron chi connectivity index (χ3n) is 7.73. The number of alkyl halides is 1. The molecule has 46 heavy (non-hydrogen) atoms. The van der Waals surface area contributed by atoms with E-state index < -0.39 is 18.6 Å². The molecule has 2 saturated heterocycles. The van der Waals surface area contributed by atoms with Crippen molar-refractivity contribution in [1.29, 1.82) is 0 Å². The predicted molar refractivity (Wildman–Crippen MR) is 166 cm³/mol. The molecular formula is C30H32Cl2F2N6O6. The number of halogens is 4. The number of anilines is 1. The third kappa shape index (κ3) is 7.92. The Morgan fingerprint density at radius 3 is 2.48 bits per heavy atom. The van der Waals surface area contributed by atoms with Crippen LogP contribution in [0.1, 0.15) is 33.8 Å². The number of nitrogens with zero attached hydrogens (tertiary/aromatic N) is 4. The Balaban J connectivity index is 0.00000154. The first-order valence-electron chi connectivity index (χ1n) is 14.2. The lowest BCUT2D eigenvalue weighted by molar-refractivity contribution is -0.133. The molecule has 2 aromatic carbocycles. The SMILES string of the molecule is Cn1c(-c2ccc(OCF)c(F)c2Cl)cnc1C(=O)Nc1ccc(C(=O)N2CCN(C(=O)C[C@@H]3CCNC3)CC2)c(Cl)c1.O=CO. The van der Waals surface area contributed by atoms with Crippen LogP contribution < -0.4 is 15.4 Å². The average molecular weight is 682 g/mol. The Kier molecular flexibility index (Phi) is 11.9. The summed E-state index contributed by atoms with van der Waals surface area (Å²) in [6.07, 6.45) is 2.89. The van der Waals surface area contributed by atoms with Crippen LogP contribution in [0, 0.1) is 11.7 Å². The van der Waals surface area contributed by atoms with E-state index in [1.165, 1.54) is 29.0 Å². The fourth-order valence-corrected chi connectivity index (χ4v) is 5.83. The summed E-state index contributed by atoms with van der Waals surface area (Å²) in [6, 6.07) is 7.26. The summed E-state index contributed by atoms with van der Waals surface area (Å²) in [6.45, 7) is 2.10. The van der Waals surface area contributed by atoms with Gasteiger partial charge < -0.3 is 34.8 Å². The molecule has 2 aliphatic heterocycles. The minimum Gasteiger partial charge on any atom is -0.483 e. The maximum atomic E-state index is 14.5. The van der Waals surface area contributed by atoms with Crippen LogP contribution in [0.2, 0.25) is 10.0 Å². The molecule has 0 unspecified atom stereocenters. The zero-order valence-electron chi connectivity index (χ0n) is 24.8. The van der Waals surface area contributed by atoms with Crippen molar-refractivity contribution in [1.82, 2.24) is 24.7 Å². The molecule has 3 N–H and O–H groups in total. The number of nitrogens with one attached hydrogen (secondary N) is 2. The number of carbonyl (C=O) groups excluding carboxylic acids is 3. The van der Waals surface area contributed by atoms with E-state index in [-0.39, 0.29) is 51.0 Å². The number of hydrogen-bond donors (Lipinski definition) is 3. The smallest absolute Gasteiger partial charge is 0.291 e. The molecule has 2 aliphatic rings. The zero-order valence-corrected chi connectivity index (χ0v) is 26.3. The molecule has 5 rings (SSSR count). The highest BCUT2D eigenvalue weighted by atomic mass is 35.5. The molecule has 0 bridgehead atoms. The number of amides is 3. The lowest BCUT2D eigenvalue weighted by atomic mass is 10.0. The van der Waals surface area contributed by atoms with Gasteiger partial charge in [0, 0.05) is 50.9 Å². The van der Waals surface area contributed by atoms with Gasteiger partial charge in [0.2, 0.25) is 12.8 Å². The van der Waals surface area contributed by atoms with Crippen LogP contribution in [0.15, 0.2) is 36.5 Å². The molecule has 0 spiro atoms. The van der Waals surface area contributed by atoms with E-state index in [0.29, 0.717) is 49.9 Å². The number of carbonyl (C=O) groups is 4.